The molecule has 0 bridgehead atoms. The highest BCUT2D eigenvalue weighted by atomic mass is 16.1. The predicted molar refractivity (Wildman–Crippen MR) is 80.2 cm³/mol. The molecule has 0 saturated heterocycles. The van der Waals surface area contributed by atoms with Gasteiger partial charge < -0.3 is 5.32 Å². The molecule has 1 aliphatic carbocycles. The van der Waals surface area contributed by atoms with Crippen LogP contribution in [0.1, 0.15) is 30.0 Å². The van der Waals surface area contributed by atoms with E-state index < -0.39 is 0 Å². The molecule has 0 aliphatic heterocycles. The molecular formula is C18H19NO. The van der Waals surface area contributed by atoms with E-state index in [2.05, 4.69) is 17.4 Å². The highest BCUT2D eigenvalue weighted by Crippen LogP contribution is 2.40. The van der Waals surface area contributed by atoms with Crippen molar-refractivity contribution >= 4 is 5.91 Å². The van der Waals surface area contributed by atoms with Crippen molar-refractivity contribution in [2.45, 2.75) is 25.3 Å². The zero-order valence-electron chi connectivity index (χ0n) is 11.5. The number of carbonyl (C=O) groups excluding carboxylic acids is 1. The van der Waals surface area contributed by atoms with Gasteiger partial charge in [0, 0.05) is 0 Å². The van der Waals surface area contributed by atoms with Gasteiger partial charge in [0.15, 0.2) is 0 Å². The minimum atomic E-state index is 0.108. The summed E-state index contributed by atoms with van der Waals surface area (Å²) in [4.78, 5) is 12.2. The Kier molecular flexibility index (Phi) is 3.82. The fourth-order valence-electron chi connectivity index (χ4n) is 2.57. The normalized spacial score (nSPS) is 15.6. The molecule has 1 saturated carbocycles. The minimum Gasteiger partial charge on any atom is -0.349 e. The molecule has 2 heteroatoms. The zero-order chi connectivity index (χ0) is 13.8. The van der Waals surface area contributed by atoms with Crippen molar-refractivity contribution < 1.29 is 4.79 Å². The van der Waals surface area contributed by atoms with Crippen LogP contribution in [0.5, 0.6) is 0 Å². The van der Waals surface area contributed by atoms with Crippen LogP contribution in [0.3, 0.4) is 0 Å². The Hall–Kier alpha value is -2.09. The van der Waals surface area contributed by atoms with Crippen LogP contribution in [0.25, 0.3) is 0 Å². The maximum absolute atomic E-state index is 12.2. The van der Waals surface area contributed by atoms with E-state index in [1.807, 2.05) is 48.5 Å². The lowest BCUT2D eigenvalue weighted by Gasteiger charge is -2.18. The number of carbonyl (C=O) groups is 1. The molecule has 2 nitrogen and oxygen atoms in total. The molecule has 0 radical (unpaired) electrons. The molecular weight excluding hydrogens is 246 g/mol. The molecule has 20 heavy (non-hydrogen) atoms. The molecule has 0 heterocycles. The van der Waals surface area contributed by atoms with Crippen LogP contribution in [0.2, 0.25) is 0 Å². The minimum absolute atomic E-state index is 0.108. The SMILES string of the molecule is O=C(Cc1ccccc1)N[C@H](c1ccccc1)C1CC1. The molecule has 2 aromatic carbocycles. The van der Waals surface area contributed by atoms with Crippen molar-refractivity contribution in [1.82, 2.24) is 5.32 Å². The van der Waals surface area contributed by atoms with E-state index in [0.29, 0.717) is 12.3 Å². The summed E-state index contributed by atoms with van der Waals surface area (Å²) < 4.78 is 0. The summed E-state index contributed by atoms with van der Waals surface area (Å²) in [5, 5.41) is 3.20. The molecule has 2 aromatic rings. The fraction of sp³-hybridized carbons (Fsp3) is 0.278. The number of benzene rings is 2. The Bertz CT molecular complexity index is 560. The summed E-state index contributed by atoms with van der Waals surface area (Å²) in [6.07, 6.45) is 2.88. The van der Waals surface area contributed by atoms with Gasteiger partial charge in [-0.1, -0.05) is 60.7 Å². The molecule has 1 fully saturated rings. The lowest BCUT2D eigenvalue weighted by atomic mass is 10.0. The number of hydrogen-bond donors (Lipinski definition) is 1. The van der Waals surface area contributed by atoms with Crippen LogP contribution in [0.4, 0.5) is 0 Å². The van der Waals surface area contributed by atoms with E-state index in [1.54, 1.807) is 0 Å². The van der Waals surface area contributed by atoms with E-state index in [9.17, 15) is 4.79 Å². The monoisotopic (exact) mass is 265 g/mol. The van der Waals surface area contributed by atoms with Gasteiger partial charge in [-0.2, -0.15) is 0 Å². The third-order valence-corrected chi connectivity index (χ3v) is 3.78. The number of nitrogens with one attached hydrogen (secondary N) is 1. The lowest BCUT2D eigenvalue weighted by molar-refractivity contribution is -0.121. The first-order valence-electron chi connectivity index (χ1n) is 7.21. The third-order valence-electron chi connectivity index (χ3n) is 3.78. The second kappa shape index (κ2) is 5.91. The molecule has 0 unspecified atom stereocenters. The van der Waals surface area contributed by atoms with E-state index >= 15 is 0 Å². The first-order chi connectivity index (χ1) is 9.83. The highest BCUT2D eigenvalue weighted by Gasteiger charge is 2.33. The van der Waals surface area contributed by atoms with Crippen molar-refractivity contribution in [2.24, 2.45) is 5.92 Å². The first-order valence-corrected chi connectivity index (χ1v) is 7.21. The van der Waals surface area contributed by atoms with E-state index in [0.717, 1.165) is 5.56 Å². The van der Waals surface area contributed by atoms with Gasteiger partial charge in [-0.25, -0.2) is 0 Å². The first kappa shape index (κ1) is 12.9. The van der Waals surface area contributed by atoms with Crippen molar-refractivity contribution in [1.29, 1.82) is 0 Å². The van der Waals surface area contributed by atoms with Crippen molar-refractivity contribution in [3.8, 4) is 0 Å². The molecule has 102 valence electrons. The number of hydrogen-bond acceptors (Lipinski definition) is 1. The number of rotatable bonds is 5. The summed E-state index contributed by atoms with van der Waals surface area (Å²) in [5.41, 5.74) is 2.28. The van der Waals surface area contributed by atoms with Crippen LogP contribution in [-0.2, 0) is 11.2 Å². The standard InChI is InChI=1S/C18H19NO/c20-17(13-14-7-3-1-4-8-14)19-18(16-11-12-16)15-9-5-2-6-10-15/h1-10,16,18H,11-13H2,(H,19,20)/t18-/m1/s1. The summed E-state index contributed by atoms with van der Waals surface area (Å²) >= 11 is 0. The second-order valence-electron chi connectivity index (χ2n) is 5.46. The average Bonchev–Trinajstić information content (AvgIpc) is 3.31. The summed E-state index contributed by atoms with van der Waals surface area (Å²) in [5.74, 6) is 0.717. The smallest absolute Gasteiger partial charge is 0.224 e. The van der Waals surface area contributed by atoms with Gasteiger partial charge in [0.1, 0.15) is 0 Å². The summed E-state index contributed by atoms with van der Waals surface area (Å²) in [6, 6.07) is 20.4. The molecule has 1 amide bonds. The third kappa shape index (κ3) is 3.27. The highest BCUT2D eigenvalue weighted by molar-refractivity contribution is 5.79. The van der Waals surface area contributed by atoms with E-state index in [1.165, 1.54) is 18.4 Å². The lowest BCUT2D eigenvalue weighted by Crippen LogP contribution is -2.31. The summed E-state index contributed by atoms with van der Waals surface area (Å²) in [7, 11) is 0. The molecule has 1 atom stereocenters. The Morgan fingerprint density at radius 1 is 1.00 bits per heavy atom. The van der Waals surface area contributed by atoms with Crippen LogP contribution in [0.15, 0.2) is 60.7 Å². The van der Waals surface area contributed by atoms with Gasteiger partial charge in [-0.3, -0.25) is 4.79 Å². The van der Waals surface area contributed by atoms with E-state index in [-0.39, 0.29) is 11.9 Å². The van der Waals surface area contributed by atoms with E-state index in [4.69, 9.17) is 0 Å². The van der Waals surface area contributed by atoms with Crippen molar-refractivity contribution in [2.75, 3.05) is 0 Å². The second-order valence-corrected chi connectivity index (χ2v) is 5.46. The van der Waals surface area contributed by atoms with Crippen LogP contribution < -0.4 is 5.32 Å². The van der Waals surface area contributed by atoms with Crippen LogP contribution in [0, 0.1) is 5.92 Å². The van der Waals surface area contributed by atoms with Gasteiger partial charge in [0.25, 0.3) is 0 Å². The van der Waals surface area contributed by atoms with Gasteiger partial charge in [0.2, 0.25) is 5.91 Å². The fourth-order valence-corrected chi connectivity index (χ4v) is 2.57. The molecule has 3 rings (SSSR count). The molecule has 1 N–H and O–H groups in total. The van der Waals surface area contributed by atoms with Gasteiger partial charge in [0.05, 0.1) is 12.5 Å². The number of amides is 1. The molecule has 0 aromatic heterocycles. The topological polar surface area (TPSA) is 29.1 Å². The van der Waals surface area contributed by atoms with Gasteiger partial charge in [-0.15, -0.1) is 0 Å². The summed E-state index contributed by atoms with van der Waals surface area (Å²) in [6.45, 7) is 0. The molecule has 1 aliphatic rings. The predicted octanol–water partition coefficient (Wildman–Crippen LogP) is 3.50. The van der Waals surface area contributed by atoms with Gasteiger partial charge >= 0.3 is 0 Å². The largest absolute Gasteiger partial charge is 0.349 e. The Balaban J connectivity index is 1.67. The average molecular weight is 265 g/mol. The Morgan fingerprint density at radius 2 is 1.60 bits per heavy atom. The van der Waals surface area contributed by atoms with Gasteiger partial charge in [-0.05, 0) is 29.9 Å². The Morgan fingerprint density at radius 3 is 2.20 bits per heavy atom. The zero-order valence-corrected chi connectivity index (χ0v) is 11.5. The maximum atomic E-state index is 12.2. The maximum Gasteiger partial charge on any atom is 0.224 e. The molecule has 0 spiro atoms. The van der Waals surface area contributed by atoms with Crippen molar-refractivity contribution in [3.05, 3.63) is 71.8 Å². The van der Waals surface area contributed by atoms with Crippen LogP contribution in [-0.4, -0.2) is 5.91 Å². The van der Waals surface area contributed by atoms with Crippen molar-refractivity contribution in [3.63, 3.8) is 0 Å². The van der Waals surface area contributed by atoms with Crippen LogP contribution >= 0.6 is 0 Å². The Labute approximate surface area is 119 Å². The quantitative estimate of drug-likeness (QED) is 0.881.